The van der Waals surface area contributed by atoms with Gasteiger partial charge in [0.25, 0.3) is 0 Å². The molecule has 0 spiro atoms. The molecule has 2 rings (SSSR count). The molecule has 0 aromatic carbocycles. The summed E-state index contributed by atoms with van der Waals surface area (Å²) in [6.45, 7) is 8.10. The predicted molar refractivity (Wildman–Crippen MR) is 93.8 cm³/mol. The van der Waals surface area contributed by atoms with Gasteiger partial charge >= 0.3 is 6.03 Å². The summed E-state index contributed by atoms with van der Waals surface area (Å²) in [5.41, 5.74) is 1.27. The third kappa shape index (κ3) is 4.03. The maximum atomic E-state index is 12.8. The van der Waals surface area contributed by atoms with Crippen molar-refractivity contribution in [1.82, 2.24) is 9.27 Å². The number of nitrogens with zero attached hydrogens (tertiary/aromatic N) is 3. The van der Waals surface area contributed by atoms with Crippen LogP contribution in [-0.2, 0) is 0 Å². The summed E-state index contributed by atoms with van der Waals surface area (Å²) >= 11 is 1.20. The number of carbonyl (C=O) groups is 1. The van der Waals surface area contributed by atoms with Gasteiger partial charge in [0.2, 0.25) is 0 Å². The van der Waals surface area contributed by atoms with Crippen LogP contribution in [0.15, 0.2) is 0 Å². The maximum Gasteiger partial charge on any atom is 0.323 e. The van der Waals surface area contributed by atoms with Crippen LogP contribution < -0.4 is 5.32 Å². The molecule has 0 unspecified atom stereocenters. The first-order valence-electron chi connectivity index (χ1n) is 8.44. The number of nitrogens with one attached hydrogen (secondary N) is 1. The van der Waals surface area contributed by atoms with Crippen molar-refractivity contribution in [1.29, 1.82) is 5.26 Å². The molecule has 23 heavy (non-hydrogen) atoms. The molecular weight excluding hydrogens is 308 g/mol. The zero-order chi connectivity index (χ0) is 17.0. The van der Waals surface area contributed by atoms with Crippen LogP contribution in [0.25, 0.3) is 0 Å². The SMILES string of the molecule is CC(C)c1nsc(NC(=O)N(C(C)C)C2CCCCC2)c1C#N. The van der Waals surface area contributed by atoms with Crippen molar-refractivity contribution in [2.45, 2.75) is 77.8 Å². The molecule has 0 atom stereocenters. The monoisotopic (exact) mass is 334 g/mol. The molecule has 126 valence electrons. The third-order valence-electron chi connectivity index (χ3n) is 4.36. The minimum Gasteiger partial charge on any atom is -0.319 e. The second-order valence-corrected chi connectivity index (χ2v) is 7.53. The molecule has 0 aliphatic heterocycles. The van der Waals surface area contributed by atoms with Gasteiger partial charge < -0.3 is 4.90 Å². The quantitative estimate of drug-likeness (QED) is 0.866. The molecule has 1 N–H and O–H groups in total. The molecule has 5 nitrogen and oxygen atoms in total. The molecule has 1 fully saturated rings. The Hall–Kier alpha value is -1.61. The second kappa shape index (κ2) is 7.78. The van der Waals surface area contributed by atoms with E-state index in [1.165, 1.54) is 30.8 Å². The minimum atomic E-state index is -0.109. The highest BCUT2D eigenvalue weighted by molar-refractivity contribution is 7.10. The zero-order valence-electron chi connectivity index (χ0n) is 14.4. The molecule has 1 aromatic heterocycles. The van der Waals surface area contributed by atoms with Crippen molar-refractivity contribution in [2.75, 3.05) is 5.32 Å². The fourth-order valence-electron chi connectivity index (χ4n) is 3.23. The summed E-state index contributed by atoms with van der Waals surface area (Å²) in [6, 6.07) is 2.52. The first-order valence-corrected chi connectivity index (χ1v) is 9.22. The lowest BCUT2D eigenvalue weighted by Crippen LogP contribution is -2.47. The van der Waals surface area contributed by atoms with Gasteiger partial charge in [0, 0.05) is 12.1 Å². The second-order valence-electron chi connectivity index (χ2n) is 6.76. The van der Waals surface area contributed by atoms with Gasteiger partial charge in [-0.15, -0.1) is 0 Å². The van der Waals surface area contributed by atoms with E-state index < -0.39 is 0 Å². The number of rotatable bonds is 4. The molecule has 0 bridgehead atoms. The van der Waals surface area contributed by atoms with Crippen molar-refractivity contribution < 1.29 is 4.79 Å². The first kappa shape index (κ1) is 17.7. The third-order valence-corrected chi connectivity index (χ3v) is 5.13. The van der Waals surface area contributed by atoms with E-state index in [2.05, 4.69) is 15.8 Å². The summed E-state index contributed by atoms with van der Waals surface area (Å²) in [4.78, 5) is 14.7. The van der Waals surface area contributed by atoms with Gasteiger partial charge in [-0.1, -0.05) is 33.1 Å². The van der Waals surface area contributed by atoms with Crippen molar-refractivity contribution >= 4 is 22.6 Å². The summed E-state index contributed by atoms with van der Waals surface area (Å²) in [6.07, 6.45) is 5.76. The largest absolute Gasteiger partial charge is 0.323 e. The van der Waals surface area contributed by atoms with E-state index in [1.807, 2.05) is 32.6 Å². The fraction of sp³-hybridized carbons (Fsp3) is 0.706. The van der Waals surface area contributed by atoms with Crippen molar-refractivity contribution in [3.63, 3.8) is 0 Å². The Morgan fingerprint density at radius 3 is 2.48 bits per heavy atom. The average Bonchev–Trinajstić information content (AvgIpc) is 2.90. The van der Waals surface area contributed by atoms with E-state index in [9.17, 15) is 10.1 Å². The minimum absolute atomic E-state index is 0.109. The normalized spacial score (nSPS) is 15.7. The van der Waals surface area contributed by atoms with E-state index in [1.54, 1.807) is 0 Å². The number of hydrogen-bond donors (Lipinski definition) is 1. The number of nitriles is 1. The highest BCUT2D eigenvalue weighted by Gasteiger charge is 2.29. The van der Waals surface area contributed by atoms with E-state index in [-0.39, 0.29) is 18.0 Å². The van der Waals surface area contributed by atoms with E-state index >= 15 is 0 Å². The lowest BCUT2D eigenvalue weighted by atomic mass is 9.93. The highest BCUT2D eigenvalue weighted by atomic mass is 32.1. The Morgan fingerprint density at radius 2 is 1.96 bits per heavy atom. The van der Waals surface area contributed by atoms with Gasteiger partial charge in [-0.2, -0.15) is 9.64 Å². The highest BCUT2D eigenvalue weighted by Crippen LogP contribution is 2.30. The summed E-state index contributed by atoms with van der Waals surface area (Å²) in [7, 11) is 0. The van der Waals surface area contributed by atoms with Gasteiger partial charge in [-0.05, 0) is 44.1 Å². The predicted octanol–water partition coefficient (Wildman–Crippen LogP) is 4.71. The van der Waals surface area contributed by atoms with Crippen molar-refractivity contribution in [3.05, 3.63) is 11.3 Å². The van der Waals surface area contributed by atoms with Gasteiger partial charge in [0.1, 0.15) is 16.6 Å². The van der Waals surface area contributed by atoms with Crippen LogP contribution in [0.2, 0.25) is 0 Å². The zero-order valence-corrected chi connectivity index (χ0v) is 15.2. The van der Waals surface area contributed by atoms with Crippen LogP contribution in [0.1, 0.15) is 77.0 Å². The Kier molecular flexibility index (Phi) is 6.00. The smallest absolute Gasteiger partial charge is 0.319 e. The Morgan fingerprint density at radius 1 is 1.30 bits per heavy atom. The van der Waals surface area contributed by atoms with E-state index in [4.69, 9.17) is 0 Å². The molecule has 1 heterocycles. The summed E-state index contributed by atoms with van der Waals surface area (Å²) < 4.78 is 4.34. The van der Waals surface area contributed by atoms with Crippen LogP contribution in [0, 0.1) is 11.3 Å². The molecular formula is C17H26N4OS. The molecule has 0 radical (unpaired) electrons. The molecule has 0 saturated heterocycles. The van der Waals surface area contributed by atoms with Crippen molar-refractivity contribution in [2.24, 2.45) is 0 Å². The van der Waals surface area contributed by atoms with Gasteiger partial charge in [0.05, 0.1) is 5.69 Å². The van der Waals surface area contributed by atoms with Crippen LogP contribution in [0.3, 0.4) is 0 Å². The molecule has 2 amide bonds. The Labute approximate surface area is 142 Å². The molecule has 1 aliphatic rings. The van der Waals surface area contributed by atoms with E-state index in [0.29, 0.717) is 16.6 Å². The average molecular weight is 334 g/mol. The summed E-state index contributed by atoms with van der Waals surface area (Å²) in [5.74, 6) is 0.172. The fourth-order valence-corrected chi connectivity index (χ4v) is 4.10. The van der Waals surface area contributed by atoms with Crippen LogP contribution >= 0.6 is 11.5 Å². The Balaban J connectivity index is 2.17. The van der Waals surface area contributed by atoms with E-state index in [0.717, 1.165) is 18.5 Å². The molecule has 6 heteroatoms. The van der Waals surface area contributed by atoms with Crippen LogP contribution in [-0.4, -0.2) is 27.4 Å². The number of aromatic nitrogens is 1. The van der Waals surface area contributed by atoms with Crippen molar-refractivity contribution in [3.8, 4) is 6.07 Å². The lowest BCUT2D eigenvalue weighted by Gasteiger charge is -2.37. The van der Waals surface area contributed by atoms with Gasteiger partial charge in [-0.25, -0.2) is 4.79 Å². The maximum absolute atomic E-state index is 12.8. The number of hydrogen-bond acceptors (Lipinski definition) is 4. The first-order chi connectivity index (χ1) is 11.0. The van der Waals surface area contributed by atoms with Gasteiger partial charge in [-0.3, -0.25) is 5.32 Å². The van der Waals surface area contributed by atoms with Gasteiger partial charge in [0.15, 0.2) is 0 Å². The molecule has 1 saturated carbocycles. The molecule has 1 aliphatic carbocycles. The van der Waals surface area contributed by atoms with Crippen LogP contribution in [0.5, 0.6) is 0 Å². The number of urea groups is 1. The number of carbonyl (C=O) groups excluding carboxylic acids is 1. The van der Waals surface area contributed by atoms with Crippen LogP contribution in [0.4, 0.5) is 9.80 Å². The lowest BCUT2D eigenvalue weighted by molar-refractivity contribution is 0.145. The topological polar surface area (TPSA) is 69.0 Å². The standard InChI is InChI=1S/C17H26N4OS/c1-11(2)15-14(10-18)16(23-20-15)19-17(22)21(12(3)4)13-8-6-5-7-9-13/h11-13H,5-9H2,1-4H3,(H,19,22). The Bertz CT molecular complexity index is 582. The summed E-state index contributed by atoms with van der Waals surface area (Å²) in [5, 5.41) is 12.9. The number of anilines is 1. The molecule has 1 aromatic rings. The number of amides is 2.